The first-order chi connectivity index (χ1) is 9.97. The van der Waals surface area contributed by atoms with Gasteiger partial charge in [-0.25, -0.2) is 0 Å². The molecule has 1 atom stereocenters. The minimum absolute atomic E-state index is 0.218. The molecule has 0 amide bonds. The van der Waals surface area contributed by atoms with Gasteiger partial charge in [-0.15, -0.1) is 0 Å². The lowest BCUT2D eigenvalue weighted by atomic mass is 9.96. The summed E-state index contributed by atoms with van der Waals surface area (Å²) in [7, 11) is 0. The van der Waals surface area contributed by atoms with Crippen LogP contribution in [-0.4, -0.2) is 22.6 Å². The quantitative estimate of drug-likeness (QED) is 0.767. The van der Waals surface area contributed by atoms with Gasteiger partial charge in [0.2, 0.25) is 0 Å². The molecule has 1 rings (SSSR count). The van der Waals surface area contributed by atoms with E-state index in [1.54, 1.807) is 0 Å². The lowest BCUT2D eigenvalue weighted by Gasteiger charge is -2.16. The summed E-state index contributed by atoms with van der Waals surface area (Å²) >= 11 is 0. The largest absolute Gasteiger partial charge is 0.481 e. The molecule has 5 nitrogen and oxygen atoms in total. The van der Waals surface area contributed by atoms with Gasteiger partial charge in [0.05, 0.1) is 16.9 Å². The van der Waals surface area contributed by atoms with Crippen molar-refractivity contribution in [2.75, 3.05) is 11.9 Å². The first-order valence-corrected chi connectivity index (χ1v) is 7.31. The highest BCUT2D eigenvalue weighted by molar-refractivity contribution is 5.66. The molecular weight excluding hydrogens is 266 g/mol. The van der Waals surface area contributed by atoms with Crippen LogP contribution in [0.15, 0.2) is 6.07 Å². The second kappa shape index (κ2) is 8.25. The third-order valence-corrected chi connectivity index (χ3v) is 3.65. The van der Waals surface area contributed by atoms with Gasteiger partial charge in [-0.1, -0.05) is 13.3 Å². The van der Waals surface area contributed by atoms with E-state index >= 15 is 0 Å². The minimum atomic E-state index is -0.742. The summed E-state index contributed by atoms with van der Waals surface area (Å²) in [5.74, 6) is -0.350. The average Bonchev–Trinajstić information content (AvgIpc) is 2.41. The maximum Gasteiger partial charge on any atom is 0.303 e. The second-order valence-corrected chi connectivity index (χ2v) is 5.31. The van der Waals surface area contributed by atoms with Crippen molar-refractivity contribution >= 4 is 11.7 Å². The van der Waals surface area contributed by atoms with Crippen molar-refractivity contribution in [3.63, 3.8) is 0 Å². The first kappa shape index (κ1) is 17.0. The fourth-order valence-corrected chi connectivity index (χ4v) is 2.40. The van der Waals surface area contributed by atoms with Gasteiger partial charge in [-0.3, -0.25) is 9.78 Å². The average molecular weight is 289 g/mol. The molecule has 0 aliphatic heterocycles. The molecule has 21 heavy (non-hydrogen) atoms. The van der Waals surface area contributed by atoms with Crippen LogP contribution >= 0.6 is 0 Å². The SMILES string of the molecule is CCC(CCNc1cc(C)nc(C)c1C#N)CCC(=O)O. The van der Waals surface area contributed by atoms with Crippen molar-refractivity contribution in [3.8, 4) is 6.07 Å². The van der Waals surface area contributed by atoms with Gasteiger partial charge in [0.25, 0.3) is 0 Å². The molecule has 1 heterocycles. The number of nitriles is 1. The van der Waals surface area contributed by atoms with Gasteiger partial charge in [0.15, 0.2) is 0 Å². The molecule has 1 aromatic rings. The number of anilines is 1. The third-order valence-electron chi connectivity index (χ3n) is 3.65. The third kappa shape index (κ3) is 5.42. The monoisotopic (exact) mass is 289 g/mol. The van der Waals surface area contributed by atoms with E-state index in [2.05, 4.69) is 23.3 Å². The van der Waals surface area contributed by atoms with Gasteiger partial charge in [0.1, 0.15) is 6.07 Å². The van der Waals surface area contributed by atoms with Gasteiger partial charge >= 0.3 is 5.97 Å². The van der Waals surface area contributed by atoms with E-state index in [4.69, 9.17) is 5.11 Å². The lowest BCUT2D eigenvalue weighted by molar-refractivity contribution is -0.137. The number of hydrogen-bond donors (Lipinski definition) is 2. The summed E-state index contributed by atoms with van der Waals surface area (Å²) in [4.78, 5) is 14.9. The Morgan fingerprint density at radius 3 is 2.76 bits per heavy atom. The Hall–Kier alpha value is -2.09. The molecule has 0 saturated carbocycles. The lowest BCUT2D eigenvalue weighted by Crippen LogP contribution is -2.12. The highest BCUT2D eigenvalue weighted by atomic mass is 16.4. The zero-order valence-electron chi connectivity index (χ0n) is 12.9. The standard InChI is InChI=1S/C16H23N3O2/c1-4-13(5-6-16(20)21)7-8-18-15-9-11(2)19-12(3)14(15)10-17/h9,13H,4-8H2,1-3H3,(H,18,19)(H,20,21). The molecule has 1 unspecified atom stereocenters. The van der Waals surface area contributed by atoms with Crippen molar-refractivity contribution in [1.82, 2.24) is 4.98 Å². The molecule has 114 valence electrons. The molecule has 2 N–H and O–H groups in total. The van der Waals surface area contributed by atoms with E-state index in [-0.39, 0.29) is 6.42 Å². The number of pyridine rings is 1. The molecule has 0 saturated heterocycles. The molecule has 0 spiro atoms. The molecule has 0 radical (unpaired) electrons. The second-order valence-electron chi connectivity index (χ2n) is 5.31. The minimum Gasteiger partial charge on any atom is -0.481 e. The zero-order chi connectivity index (χ0) is 15.8. The number of aromatic nitrogens is 1. The highest BCUT2D eigenvalue weighted by Crippen LogP contribution is 2.20. The number of aryl methyl sites for hydroxylation is 2. The molecule has 0 bridgehead atoms. The van der Waals surface area contributed by atoms with Crippen LogP contribution in [-0.2, 0) is 4.79 Å². The Balaban J connectivity index is 2.59. The van der Waals surface area contributed by atoms with Crippen LogP contribution in [0.4, 0.5) is 5.69 Å². The Bertz CT molecular complexity index is 535. The normalized spacial score (nSPS) is 11.7. The number of carboxylic acids is 1. The molecule has 0 aliphatic carbocycles. The fraction of sp³-hybridized carbons (Fsp3) is 0.562. The molecule has 1 aromatic heterocycles. The predicted molar refractivity (Wildman–Crippen MR) is 82.2 cm³/mol. The fourth-order valence-electron chi connectivity index (χ4n) is 2.40. The molecule has 0 aromatic carbocycles. The Morgan fingerprint density at radius 1 is 1.48 bits per heavy atom. The summed E-state index contributed by atoms with van der Waals surface area (Å²) < 4.78 is 0. The van der Waals surface area contributed by atoms with Crippen molar-refractivity contribution in [2.24, 2.45) is 5.92 Å². The Labute approximate surface area is 126 Å². The number of rotatable bonds is 8. The summed E-state index contributed by atoms with van der Waals surface area (Å²) in [5, 5.41) is 21.2. The van der Waals surface area contributed by atoms with Crippen molar-refractivity contribution in [2.45, 2.75) is 46.5 Å². The van der Waals surface area contributed by atoms with Crippen LogP contribution < -0.4 is 5.32 Å². The van der Waals surface area contributed by atoms with Crippen LogP contribution in [0.5, 0.6) is 0 Å². The molecule has 5 heteroatoms. The number of aliphatic carboxylic acids is 1. The van der Waals surface area contributed by atoms with E-state index in [1.807, 2.05) is 19.9 Å². The molecule has 0 aliphatic rings. The number of nitrogens with one attached hydrogen (secondary N) is 1. The zero-order valence-corrected chi connectivity index (χ0v) is 12.9. The van der Waals surface area contributed by atoms with Crippen LogP contribution in [0.3, 0.4) is 0 Å². The van der Waals surface area contributed by atoms with Gasteiger partial charge < -0.3 is 10.4 Å². The smallest absolute Gasteiger partial charge is 0.303 e. The van der Waals surface area contributed by atoms with Crippen molar-refractivity contribution in [3.05, 3.63) is 23.0 Å². The van der Waals surface area contributed by atoms with Crippen LogP contribution in [0.2, 0.25) is 0 Å². The first-order valence-electron chi connectivity index (χ1n) is 7.31. The van der Waals surface area contributed by atoms with Crippen molar-refractivity contribution < 1.29 is 9.90 Å². The van der Waals surface area contributed by atoms with Gasteiger partial charge in [-0.2, -0.15) is 5.26 Å². The topological polar surface area (TPSA) is 86.0 Å². The molecular formula is C16H23N3O2. The van der Waals surface area contributed by atoms with Gasteiger partial charge in [0, 0.05) is 18.7 Å². The van der Waals surface area contributed by atoms with E-state index in [9.17, 15) is 10.1 Å². The maximum atomic E-state index is 10.6. The Morgan fingerprint density at radius 2 is 2.19 bits per heavy atom. The van der Waals surface area contributed by atoms with E-state index in [0.717, 1.165) is 36.5 Å². The summed E-state index contributed by atoms with van der Waals surface area (Å²) in [6.45, 7) is 6.54. The number of carboxylic acid groups (broad SMARTS) is 1. The highest BCUT2D eigenvalue weighted by Gasteiger charge is 2.11. The van der Waals surface area contributed by atoms with E-state index in [0.29, 0.717) is 17.9 Å². The number of hydrogen-bond acceptors (Lipinski definition) is 4. The van der Waals surface area contributed by atoms with Gasteiger partial charge in [-0.05, 0) is 38.7 Å². The van der Waals surface area contributed by atoms with Crippen molar-refractivity contribution in [1.29, 1.82) is 5.26 Å². The number of nitrogens with zero attached hydrogens (tertiary/aromatic N) is 2. The Kier molecular flexibility index (Phi) is 6.67. The van der Waals surface area contributed by atoms with Crippen LogP contribution in [0.25, 0.3) is 0 Å². The summed E-state index contributed by atoms with van der Waals surface area (Å²) in [6, 6.07) is 4.06. The molecule has 0 fully saturated rings. The predicted octanol–water partition coefficient (Wildman–Crippen LogP) is 3.26. The van der Waals surface area contributed by atoms with E-state index < -0.39 is 5.97 Å². The number of carbonyl (C=O) groups is 1. The van der Waals surface area contributed by atoms with Crippen LogP contribution in [0.1, 0.15) is 49.6 Å². The van der Waals surface area contributed by atoms with E-state index in [1.165, 1.54) is 0 Å². The summed E-state index contributed by atoms with van der Waals surface area (Å²) in [6.07, 6.45) is 2.78. The maximum absolute atomic E-state index is 10.6. The van der Waals surface area contributed by atoms with Crippen LogP contribution in [0, 0.1) is 31.1 Å². The summed E-state index contributed by atoms with van der Waals surface area (Å²) in [5.41, 5.74) is 3.01.